The molecule has 0 aliphatic carbocycles. The van der Waals surface area contributed by atoms with Crippen LogP contribution in [0.2, 0.25) is 0 Å². The normalized spacial score (nSPS) is 11.3. The minimum absolute atomic E-state index is 0.0849. The lowest BCUT2D eigenvalue weighted by Crippen LogP contribution is -2.15. The zero-order chi connectivity index (χ0) is 18.4. The maximum atomic E-state index is 13.1. The summed E-state index contributed by atoms with van der Waals surface area (Å²) in [5.74, 6) is -0.921. The number of unbranched alkanes of at least 4 members (excludes halogenated alkanes) is 1. The zero-order valence-corrected chi connectivity index (χ0v) is 12.9. The van der Waals surface area contributed by atoms with Crippen molar-refractivity contribution in [2.45, 2.75) is 19.0 Å². The highest BCUT2D eigenvalue weighted by Gasteiger charge is 2.33. The third-order valence-corrected chi connectivity index (χ3v) is 3.14. The van der Waals surface area contributed by atoms with Gasteiger partial charge in [-0.25, -0.2) is 14.7 Å². The van der Waals surface area contributed by atoms with Crippen LogP contribution in [0, 0.1) is 0 Å². The summed E-state index contributed by atoms with van der Waals surface area (Å²) in [6.45, 7) is 0.292. The number of aromatic amines is 1. The largest absolute Gasteiger partial charge is 0.450 e. The summed E-state index contributed by atoms with van der Waals surface area (Å²) < 4.78 is 48.6. The molecule has 0 fully saturated rings. The van der Waals surface area contributed by atoms with Gasteiger partial charge >= 0.3 is 18.0 Å². The standard InChI is InChI=1S/C14H15F3N4O4/c15-14(16,17)9-4-3-8(11-20-21-13(23)25-11)7-10(9)19-5-1-2-6-24-12(18)22/h3-4,7,19H,1-2,5-6H2,(H2,18,22)(H,21,23). The molecular weight excluding hydrogens is 345 g/mol. The first-order chi connectivity index (χ1) is 11.8. The number of nitrogens with two attached hydrogens (primary N) is 1. The lowest BCUT2D eigenvalue weighted by Gasteiger charge is -2.15. The number of hydrogen-bond acceptors (Lipinski definition) is 6. The molecule has 0 aliphatic heterocycles. The number of benzene rings is 1. The van der Waals surface area contributed by atoms with Crippen LogP contribution in [-0.2, 0) is 10.9 Å². The van der Waals surface area contributed by atoms with Crippen LogP contribution < -0.4 is 16.8 Å². The van der Waals surface area contributed by atoms with E-state index in [9.17, 15) is 22.8 Å². The molecule has 1 aromatic heterocycles. The van der Waals surface area contributed by atoms with Gasteiger partial charge in [-0.1, -0.05) is 0 Å². The first-order valence-corrected chi connectivity index (χ1v) is 7.20. The second-order valence-electron chi connectivity index (χ2n) is 4.98. The number of ether oxygens (including phenoxy) is 1. The molecule has 25 heavy (non-hydrogen) atoms. The molecule has 0 saturated heterocycles. The number of alkyl halides is 3. The van der Waals surface area contributed by atoms with Gasteiger partial charge in [-0.05, 0) is 31.0 Å². The summed E-state index contributed by atoms with van der Waals surface area (Å²) >= 11 is 0. The number of nitrogens with one attached hydrogen (secondary N) is 2. The fourth-order valence-electron chi connectivity index (χ4n) is 2.05. The molecule has 4 N–H and O–H groups in total. The number of hydrogen-bond donors (Lipinski definition) is 3. The van der Waals surface area contributed by atoms with Crippen molar-refractivity contribution in [1.82, 2.24) is 10.2 Å². The molecule has 0 radical (unpaired) electrons. The van der Waals surface area contributed by atoms with E-state index >= 15 is 0 Å². The lowest BCUT2D eigenvalue weighted by atomic mass is 10.1. The van der Waals surface area contributed by atoms with Crippen molar-refractivity contribution >= 4 is 11.8 Å². The Balaban J connectivity index is 2.10. The van der Waals surface area contributed by atoms with Crippen molar-refractivity contribution in [2.24, 2.45) is 5.73 Å². The van der Waals surface area contributed by atoms with E-state index in [1.807, 2.05) is 5.10 Å². The van der Waals surface area contributed by atoms with E-state index < -0.39 is 23.6 Å². The minimum atomic E-state index is -4.55. The molecule has 11 heteroatoms. The maximum absolute atomic E-state index is 13.1. The fourth-order valence-corrected chi connectivity index (χ4v) is 2.05. The maximum Gasteiger partial charge on any atom is 0.434 e. The number of carbonyl (C=O) groups excluding carboxylic acids is 1. The van der Waals surface area contributed by atoms with Crippen LogP contribution in [-0.4, -0.2) is 29.4 Å². The van der Waals surface area contributed by atoms with Crippen LogP contribution in [0.5, 0.6) is 0 Å². The number of primary amides is 1. The van der Waals surface area contributed by atoms with Gasteiger partial charge in [0.05, 0.1) is 12.2 Å². The van der Waals surface area contributed by atoms with Gasteiger partial charge in [0.25, 0.3) is 0 Å². The highest BCUT2D eigenvalue weighted by atomic mass is 19.4. The van der Waals surface area contributed by atoms with Crippen LogP contribution in [0.3, 0.4) is 0 Å². The first kappa shape index (κ1) is 18.4. The van der Waals surface area contributed by atoms with Crippen molar-refractivity contribution in [3.8, 4) is 11.5 Å². The Morgan fingerprint density at radius 3 is 2.72 bits per heavy atom. The Kier molecular flexibility index (Phi) is 5.67. The Morgan fingerprint density at radius 1 is 1.36 bits per heavy atom. The zero-order valence-electron chi connectivity index (χ0n) is 12.9. The summed E-state index contributed by atoms with van der Waals surface area (Å²) in [7, 11) is 0. The summed E-state index contributed by atoms with van der Waals surface area (Å²) in [5.41, 5.74) is 3.98. The summed E-state index contributed by atoms with van der Waals surface area (Å²) in [4.78, 5) is 21.4. The molecular formula is C14H15F3N4O4. The topological polar surface area (TPSA) is 123 Å². The van der Waals surface area contributed by atoms with Gasteiger partial charge in [0.1, 0.15) is 0 Å². The number of H-pyrrole nitrogens is 1. The SMILES string of the molecule is NC(=O)OCCCCNc1cc(-c2n[nH]c(=O)o2)ccc1C(F)(F)F. The van der Waals surface area contributed by atoms with E-state index in [4.69, 9.17) is 10.2 Å². The molecule has 136 valence electrons. The van der Waals surface area contributed by atoms with E-state index in [2.05, 4.69) is 15.2 Å². The molecule has 2 aromatic rings. The van der Waals surface area contributed by atoms with Gasteiger partial charge in [-0.2, -0.15) is 13.2 Å². The van der Waals surface area contributed by atoms with Gasteiger partial charge in [0.2, 0.25) is 5.89 Å². The second kappa shape index (κ2) is 7.73. The molecule has 0 bridgehead atoms. The number of carbonyl (C=O) groups is 1. The Morgan fingerprint density at radius 2 is 2.12 bits per heavy atom. The third kappa shape index (κ3) is 5.26. The van der Waals surface area contributed by atoms with Crippen LogP contribution in [0.4, 0.5) is 23.7 Å². The van der Waals surface area contributed by atoms with E-state index in [1.165, 1.54) is 6.07 Å². The van der Waals surface area contributed by atoms with Crippen LogP contribution in [0.15, 0.2) is 27.4 Å². The molecule has 0 aliphatic rings. The molecule has 0 spiro atoms. The van der Waals surface area contributed by atoms with Gasteiger partial charge in [-0.15, -0.1) is 5.10 Å². The smallest absolute Gasteiger partial charge is 0.434 e. The third-order valence-electron chi connectivity index (χ3n) is 3.14. The van der Waals surface area contributed by atoms with Crippen molar-refractivity contribution in [2.75, 3.05) is 18.5 Å². The summed E-state index contributed by atoms with van der Waals surface area (Å²) in [6, 6.07) is 3.23. The van der Waals surface area contributed by atoms with Crippen molar-refractivity contribution in [3.63, 3.8) is 0 Å². The molecule has 1 heterocycles. The second-order valence-corrected chi connectivity index (χ2v) is 4.98. The van der Waals surface area contributed by atoms with Gasteiger partial charge in [-0.3, -0.25) is 0 Å². The number of amides is 1. The number of nitrogens with zero attached hydrogens (tertiary/aromatic N) is 1. The molecule has 8 nitrogen and oxygen atoms in total. The summed E-state index contributed by atoms with van der Waals surface area (Å²) in [6.07, 6.45) is -4.57. The van der Waals surface area contributed by atoms with E-state index in [0.717, 1.165) is 12.1 Å². The van der Waals surface area contributed by atoms with Crippen LogP contribution in [0.25, 0.3) is 11.5 Å². The van der Waals surface area contributed by atoms with Crippen molar-refractivity contribution in [3.05, 3.63) is 34.3 Å². The molecule has 1 amide bonds. The van der Waals surface area contributed by atoms with Gasteiger partial charge in [0.15, 0.2) is 0 Å². The van der Waals surface area contributed by atoms with Crippen LogP contribution >= 0.6 is 0 Å². The number of aromatic nitrogens is 2. The van der Waals surface area contributed by atoms with Crippen LogP contribution in [0.1, 0.15) is 18.4 Å². The average molecular weight is 360 g/mol. The highest BCUT2D eigenvalue weighted by molar-refractivity contribution is 5.65. The lowest BCUT2D eigenvalue weighted by molar-refractivity contribution is -0.136. The Hall–Kier alpha value is -2.98. The Bertz CT molecular complexity index is 785. The van der Waals surface area contributed by atoms with E-state index in [1.54, 1.807) is 0 Å². The molecule has 0 unspecified atom stereocenters. The number of anilines is 1. The van der Waals surface area contributed by atoms with Crippen molar-refractivity contribution < 1.29 is 27.1 Å². The van der Waals surface area contributed by atoms with E-state index in [-0.39, 0.29) is 30.3 Å². The molecule has 2 rings (SSSR count). The van der Waals surface area contributed by atoms with E-state index in [0.29, 0.717) is 12.8 Å². The molecule has 0 saturated carbocycles. The van der Waals surface area contributed by atoms with Gasteiger partial charge in [0, 0.05) is 17.8 Å². The predicted octanol–water partition coefficient (Wildman–Crippen LogP) is 2.34. The quantitative estimate of drug-likeness (QED) is 0.651. The molecule has 1 aromatic carbocycles. The monoisotopic (exact) mass is 360 g/mol. The van der Waals surface area contributed by atoms with Crippen molar-refractivity contribution in [1.29, 1.82) is 0 Å². The minimum Gasteiger partial charge on any atom is -0.450 e. The summed E-state index contributed by atoms with van der Waals surface area (Å²) in [5, 5.41) is 8.30. The number of rotatable bonds is 7. The Labute approximate surface area is 139 Å². The molecule has 0 atom stereocenters. The average Bonchev–Trinajstić information content (AvgIpc) is 2.96. The predicted molar refractivity (Wildman–Crippen MR) is 80.8 cm³/mol. The highest BCUT2D eigenvalue weighted by Crippen LogP contribution is 2.36. The first-order valence-electron chi connectivity index (χ1n) is 7.20. The number of halogens is 3. The van der Waals surface area contributed by atoms with Gasteiger partial charge < -0.3 is 20.2 Å². The fraction of sp³-hybridized carbons (Fsp3) is 0.357.